The van der Waals surface area contributed by atoms with Crippen molar-refractivity contribution in [3.8, 4) is 0 Å². The highest BCUT2D eigenvalue weighted by atomic mass is 32.1. The van der Waals surface area contributed by atoms with Gasteiger partial charge < -0.3 is 20.4 Å². The molecule has 0 amide bonds. The normalized spacial score (nSPS) is 15.0. The van der Waals surface area contributed by atoms with Gasteiger partial charge in [0, 0.05) is 17.1 Å². The Morgan fingerprint density at radius 2 is 1.72 bits per heavy atom. The van der Waals surface area contributed by atoms with Crippen LogP contribution in [0.15, 0.2) is 48.5 Å². The van der Waals surface area contributed by atoms with Crippen molar-refractivity contribution in [3.05, 3.63) is 54.1 Å². The van der Waals surface area contributed by atoms with E-state index >= 15 is 0 Å². The quantitative estimate of drug-likeness (QED) is 0.736. The van der Waals surface area contributed by atoms with E-state index in [-0.39, 0.29) is 0 Å². The molecule has 0 aliphatic carbocycles. The van der Waals surface area contributed by atoms with Gasteiger partial charge in [0.15, 0.2) is 5.11 Å². The van der Waals surface area contributed by atoms with Crippen LogP contribution in [0, 0.1) is 0 Å². The van der Waals surface area contributed by atoms with Crippen LogP contribution in [0.1, 0.15) is 12.5 Å². The number of quaternary nitrogens is 1. The van der Waals surface area contributed by atoms with Gasteiger partial charge >= 0.3 is 0 Å². The number of hydrogen-bond donors (Lipinski definition) is 3. The molecule has 0 spiro atoms. The van der Waals surface area contributed by atoms with Crippen LogP contribution in [-0.2, 0) is 6.42 Å². The summed E-state index contributed by atoms with van der Waals surface area (Å²) >= 11 is 5.43. The lowest BCUT2D eigenvalue weighted by molar-refractivity contribution is -0.880. The molecule has 1 fully saturated rings. The van der Waals surface area contributed by atoms with Crippen LogP contribution in [0.25, 0.3) is 0 Å². The molecule has 25 heavy (non-hydrogen) atoms. The van der Waals surface area contributed by atoms with Crippen molar-refractivity contribution in [2.24, 2.45) is 0 Å². The number of likely N-dealkylation sites (N-methyl/N-ethyl adjacent to an activating group) is 1. The number of aryl methyl sites for hydroxylation is 1. The molecule has 0 unspecified atom stereocenters. The van der Waals surface area contributed by atoms with E-state index < -0.39 is 0 Å². The van der Waals surface area contributed by atoms with Crippen LogP contribution in [0.5, 0.6) is 0 Å². The summed E-state index contributed by atoms with van der Waals surface area (Å²) in [6, 6.07) is 16.9. The number of thiocarbonyl (C=S) groups is 1. The maximum absolute atomic E-state index is 5.43. The summed E-state index contributed by atoms with van der Waals surface area (Å²) in [5.41, 5.74) is 4.61. The van der Waals surface area contributed by atoms with Crippen molar-refractivity contribution in [1.82, 2.24) is 0 Å². The highest BCUT2D eigenvalue weighted by molar-refractivity contribution is 7.80. The molecule has 0 saturated carbocycles. The Balaban J connectivity index is 1.56. The third-order valence-electron chi connectivity index (χ3n) is 4.70. The number of nitrogens with one attached hydrogen (secondary N) is 3. The van der Waals surface area contributed by atoms with Gasteiger partial charge in [-0.2, -0.15) is 0 Å². The topological polar surface area (TPSA) is 31.7 Å². The molecule has 2 aromatic carbocycles. The largest absolute Gasteiger partial charge is 0.360 e. The van der Waals surface area contributed by atoms with Gasteiger partial charge in [-0.25, -0.2) is 0 Å². The van der Waals surface area contributed by atoms with Crippen LogP contribution < -0.4 is 20.4 Å². The zero-order valence-corrected chi connectivity index (χ0v) is 15.8. The lowest BCUT2D eigenvalue weighted by atomic mass is 10.1. The fraction of sp³-hybridized carbons (Fsp3) is 0.350. The van der Waals surface area contributed by atoms with Gasteiger partial charge in [0.05, 0.1) is 33.2 Å². The minimum atomic E-state index is 0.615. The van der Waals surface area contributed by atoms with E-state index in [1.165, 1.54) is 24.3 Å². The van der Waals surface area contributed by atoms with Gasteiger partial charge in [0.1, 0.15) is 0 Å². The third-order valence-corrected chi connectivity index (χ3v) is 4.90. The van der Waals surface area contributed by atoms with Gasteiger partial charge in [-0.15, -0.1) is 0 Å². The van der Waals surface area contributed by atoms with Crippen LogP contribution in [0.3, 0.4) is 0 Å². The predicted molar refractivity (Wildman–Crippen MR) is 111 cm³/mol. The second-order valence-corrected chi connectivity index (χ2v) is 7.03. The average Bonchev–Trinajstić information content (AvgIpc) is 2.63. The number of piperazine rings is 1. The molecule has 5 heteroatoms. The van der Waals surface area contributed by atoms with E-state index in [1.807, 2.05) is 6.07 Å². The van der Waals surface area contributed by atoms with Crippen molar-refractivity contribution in [1.29, 1.82) is 0 Å². The van der Waals surface area contributed by atoms with Gasteiger partial charge in [-0.05, 0) is 60.6 Å². The Labute approximate surface area is 155 Å². The summed E-state index contributed by atoms with van der Waals surface area (Å²) in [6.07, 6.45) is 1.02. The zero-order chi connectivity index (χ0) is 17.6. The summed E-state index contributed by atoms with van der Waals surface area (Å²) in [6.45, 7) is 6.78. The van der Waals surface area contributed by atoms with E-state index in [9.17, 15) is 0 Å². The monoisotopic (exact) mass is 355 g/mol. The summed E-state index contributed by atoms with van der Waals surface area (Å²) in [4.78, 5) is 4.06. The minimum Gasteiger partial charge on any atom is -0.360 e. The number of rotatable bonds is 4. The lowest BCUT2D eigenvalue weighted by Gasteiger charge is -2.31. The van der Waals surface area contributed by atoms with Gasteiger partial charge in [0.25, 0.3) is 0 Å². The van der Waals surface area contributed by atoms with Crippen LogP contribution in [0.2, 0.25) is 0 Å². The molecule has 0 atom stereocenters. The van der Waals surface area contributed by atoms with E-state index in [2.05, 4.69) is 72.0 Å². The Hall–Kier alpha value is -2.11. The van der Waals surface area contributed by atoms with Crippen molar-refractivity contribution in [3.63, 3.8) is 0 Å². The highest BCUT2D eigenvalue weighted by Crippen LogP contribution is 2.18. The van der Waals surface area contributed by atoms with Crippen LogP contribution in [0.4, 0.5) is 17.1 Å². The standard InChI is InChI=1S/C20H26N4S/c1-3-16-5-4-6-18(15-16)22-20(25)21-17-7-9-19(10-8-17)24-13-11-23(2)12-14-24/h4-10,15H,3,11-14H2,1-2H3,(H2,21,22,25)/p+1. The Morgan fingerprint density at radius 3 is 2.40 bits per heavy atom. The first kappa shape index (κ1) is 17.7. The molecule has 1 aliphatic heterocycles. The molecule has 0 aromatic heterocycles. The van der Waals surface area contributed by atoms with E-state index in [0.29, 0.717) is 5.11 Å². The molecule has 1 heterocycles. The van der Waals surface area contributed by atoms with Crippen molar-refractivity contribution in [2.45, 2.75) is 13.3 Å². The van der Waals surface area contributed by atoms with Crippen molar-refractivity contribution < 1.29 is 4.90 Å². The van der Waals surface area contributed by atoms with Crippen LogP contribution >= 0.6 is 12.2 Å². The van der Waals surface area contributed by atoms with Crippen LogP contribution in [-0.4, -0.2) is 38.3 Å². The molecule has 1 saturated heterocycles. The molecule has 2 aromatic rings. The fourth-order valence-electron chi connectivity index (χ4n) is 3.06. The molecule has 132 valence electrons. The summed E-state index contributed by atoms with van der Waals surface area (Å²) in [7, 11) is 2.26. The molecular weight excluding hydrogens is 328 g/mol. The molecule has 0 radical (unpaired) electrons. The Bertz CT molecular complexity index is 706. The van der Waals surface area contributed by atoms with E-state index in [1.54, 1.807) is 4.90 Å². The van der Waals surface area contributed by atoms with Gasteiger partial charge in [-0.3, -0.25) is 0 Å². The second kappa shape index (κ2) is 8.32. The fourth-order valence-corrected chi connectivity index (χ4v) is 3.30. The number of anilines is 3. The molecule has 3 rings (SSSR count). The lowest BCUT2D eigenvalue weighted by Crippen LogP contribution is -3.12. The van der Waals surface area contributed by atoms with Crippen molar-refractivity contribution >= 4 is 34.4 Å². The van der Waals surface area contributed by atoms with Crippen molar-refractivity contribution in [2.75, 3.05) is 48.8 Å². The third kappa shape index (κ3) is 4.94. The molecule has 3 N–H and O–H groups in total. The smallest absolute Gasteiger partial charge is 0.175 e. The second-order valence-electron chi connectivity index (χ2n) is 6.62. The first-order valence-corrected chi connectivity index (χ1v) is 9.38. The Morgan fingerprint density at radius 1 is 1.04 bits per heavy atom. The molecule has 4 nitrogen and oxygen atoms in total. The predicted octanol–water partition coefficient (Wildman–Crippen LogP) is 2.39. The van der Waals surface area contributed by atoms with Gasteiger partial charge in [0.2, 0.25) is 0 Å². The molecular formula is C20H27N4S+. The maximum atomic E-state index is 5.43. The summed E-state index contributed by atoms with van der Waals surface area (Å²) < 4.78 is 0. The average molecular weight is 356 g/mol. The SMILES string of the molecule is CCc1cccc(NC(=S)Nc2ccc(N3CC[NH+](C)CC3)cc2)c1. The summed E-state index contributed by atoms with van der Waals surface area (Å²) in [5, 5.41) is 7.13. The van der Waals surface area contributed by atoms with E-state index in [4.69, 9.17) is 12.2 Å². The number of benzene rings is 2. The zero-order valence-electron chi connectivity index (χ0n) is 15.0. The number of nitrogens with zero attached hydrogens (tertiary/aromatic N) is 1. The van der Waals surface area contributed by atoms with E-state index in [0.717, 1.165) is 30.9 Å². The first-order chi connectivity index (χ1) is 12.1. The number of hydrogen-bond acceptors (Lipinski definition) is 2. The highest BCUT2D eigenvalue weighted by Gasteiger charge is 2.16. The molecule has 1 aliphatic rings. The first-order valence-electron chi connectivity index (χ1n) is 8.97. The maximum Gasteiger partial charge on any atom is 0.175 e. The summed E-state index contributed by atoms with van der Waals surface area (Å²) in [5.74, 6) is 0. The Kier molecular flexibility index (Phi) is 5.89. The molecule has 0 bridgehead atoms. The van der Waals surface area contributed by atoms with Gasteiger partial charge in [-0.1, -0.05) is 19.1 Å². The minimum absolute atomic E-state index is 0.615.